The molecule has 0 atom stereocenters. The number of hydrogen-bond acceptors (Lipinski definition) is 7. The number of nitrogens with one attached hydrogen (secondary N) is 2. The molecule has 31 heavy (non-hydrogen) atoms. The van der Waals surface area contributed by atoms with Gasteiger partial charge in [-0.1, -0.05) is 0 Å². The topological polar surface area (TPSA) is 114 Å². The van der Waals surface area contributed by atoms with E-state index in [1.54, 1.807) is 35.1 Å². The van der Waals surface area contributed by atoms with E-state index < -0.39 is 0 Å². The first-order chi connectivity index (χ1) is 15.1. The van der Waals surface area contributed by atoms with E-state index in [4.69, 9.17) is 4.74 Å². The number of ether oxygens (including phenoxy) is 1. The summed E-state index contributed by atoms with van der Waals surface area (Å²) in [6.07, 6.45) is 2.97. The third kappa shape index (κ3) is 5.08. The molecule has 0 saturated carbocycles. The zero-order valence-corrected chi connectivity index (χ0v) is 17.3. The van der Waals surface area contributed by atoms with Crippen molar-refractivity contribution in [1.82, 2.24) is 25.1 Å². The quantitative estimate of drug-likeness (QED) is 0.592. The van der Waals surface area contributed by atoms with Crippen LogP contribution in [0.1, 0.15) is 19.8 Å². The number of carbonyl (C=O) groups excluding carboxylic acids is 2. The number of piperidine rings is 1. The number of aromatic nitrogens is 4. The zero-order chi connectivity index (χ0) is 21.6. The molecule has 0 radical (unpaired) electrons. The molecular formula is C21H25N7O3. The van der Waals surface area contributed by atoms with Crippen LogP contribution in [0.4, 0.5) is 11.5 Å². The van der Waals surface area contributed by atoms with Gasteiger partial charge in [0.05, 0.1) is 13.2 Å². The normalized spacial score (nSPS) is 14.4. The van der Waals surface area contributed by atoms with Crippen LogP contribution in [-0.2, 0) is 9.59 Å². The summed E-state index contributed by atoms with van der Waals surface area (Å²) < 4.78 is 7.02. The molecule has 2 N–H and O–H groups in total. The Labute approximate surface area is 179 Å². The van der Waals surface area contributed by atoms with Crippen LogP contribution in [0.5, 0.6) is 5.75 Å². The summed E-state index contributed by atoms with van der Waals surface area (Å²) >= 11 is 0. The van der Waals surface area contributed by atoms with Crippen molar-refractivity contribution >= 4 is 29.0 Å². The Morgan fingerprint density at radius 3 is 2.65 bits per heavy atom. The summed E-state index contributed by atoms with van der Waals surface area (Å²) in [7, 11) is 0. The SMILES string of the molecule is CCOc1ccc(NC(=O)CNC(=O)C2CCN(c3ccc4nncn4n3)CC2)cc1. The van der Waals surface area contributed by atoms with Crippen molar-refractivity contribution in [1.29, 1.82) is 0 Å². The predicted molar refractivity (Wildman–Crippen MR) is 115 cm³/mol. The lowest BCUT2D eigenvalue weighted by atomic mass is 9.96. The first-order valence-electron chi connectivity index (χ1n) is 10.3. The molecule has 1 aromatic carbocycles. The molecule has 0 bridgehead atoms. The van der Waals surface area contributed by atoms with Crippen molar-refractivity contribution in [3.63, 3.8) is 0 Å². The molecule has 0 aliphatic carbocycles. The van der Waals surface area contributed by atoms with Crippen LogP contribution in [0.2, 0.25) is 0 Å². The molecule has 10 heteroatoms. The summed E-state index contributed by atoms with van der Waals surface area (Å²) in [6.45, 7) is 3.88. The molecular weight excluding hydrogens is 398 g/mol. The Kier molecular flexibility index (Phi) is 6.25. The standard InChI is InChI=1S/C21H25N7O3/c1-2-31-17-5-3-16(4-6-17)24-20(29)13-22-21(30)15-9-11-27(12-10-15)19-8-7-18-25-23-14-28(18)26-19/h3-8,14-15H,2,9-13H2,1H3,(H,22,30)(H,24,29). The van der Waals surface area contributed by atoms with Gasteiger partial charge >= 0.3 is 0 Å². The van der Waals surface area contributed by atoms with Crippen LogP contribution in [0, 0.1) is 5.92 Å². The maximum atomic E-state index is 12.5. The number of nitrogens with zero attached hydrogens (tertiary/aromatic N) is 5. The van der Waals surface area contributed by atoms with Crippen molar-refractivity contribution in [2.45, 2.75) is 19.8 Å². The molecule has 2 aromatic heterocycles. The highest BCUT2D eigenvalue weighted by molar-refractivity contribution is 5.94. The second-order valence-electron chi connectivity index (χ2n) is 7.31. The summed E-state index contributed by atoms with van der Waals surface area (Å²) in [4.78, 5) is 26.8. The summed E-state index contributed by atoms with van der Waals surface area (Å²) in [5.41, 5.74) is 1.36. The van der Waals surface area contributed by atoms with Crippen LogP contribution >= 0.6 is 0 Å². The fourth-order valence-electron chi connectivity index (χ4n) is 3.58. The van der Waals surface area contributed by atoms with Gasteiger partial charge in [-0.25, -0.2) is 0 Å². The van der Waals surface area contributed by atoms with Gasteiger partial charge < -0.3 is 20.3 Å². The fourth-order valence-corrected chi connectivity index (χ4v) is 3.58. The van der Waals surface area contributed by atoms with Gasteiger partial charge in [-0.05, 0) is 56.2 Å². The fraction of sp³-hybridized carbons (Fsp3) is 0.381. The number of benzene rings is 1. The zero-order valence-electron chi connectivity index (χ0n) is 17.3. The van der Waals surface area contributed by atoms with E-state index in [9.17, 15) is 9.59 Å². The second kappa shape index (κ2) is 9.41. The van der Waals surface area contributed by atoms with E-state index in [0.717, 1.165) is 24.7 Å². The van der Waals surface area contributed by atoms with Gasteiger partial charge in [0, 0.05) is 24.7 Å². The van der Waals surface area contributed by atoms with Gasteiger partial charge in [0.15, 0.2) is 5.65 Å². The molecule has 3 aromatic rings. The lowest BCUT2D eigenvalue weighted by Crippen LogP contribution is -2.42. The molecule has 0 unspecified atom stereocenters. The summed E-state index contributed by atoms with van der Waals surface area (Å²) in [6, 6.07) is 10.9. The Bertz CT molecular complexity index is 1040. The lowest BCUT2D eigenvalue weighted by molar-refractivity contribution is -0.127. The highest BCUT2D eigenvalue weighted by Gasteiger charge is 2.26. The Morgan fingerprint density at radius 1 is 1.13 bits per heavy atom. The van der Waals surface area contributed by atoms with E-state index in [-0.39, 0.29) is 24.3 Å². The van der Waals surface area contributed by atoms with Crippen LogP contribution in [0.3, 0.4) is 0 Å². The highest BCUT2D eigenvalue weighted by Crippen LogP contribution is 2.22. The number of carbonyl (C=O) groups is 2. The Balaban J connectivity index is 1.22. The maximum absolute atomic E-state index is 12.5. The molecule has 1 aliphatic heterocycles. The number of rotatable bonds is 7. The molecule has 3 heterocycles. The maximum Gasteiger partial charge on any atom is 0.243 e. The van der Waals surface area contributed by atoms with Gasteiger partial charge in [-0.2, -0.15) is 4.52 Å². The lowest BCUT2D eigenvalue weighted by Gasteiger charge is -2.31. The minimum Gasteiger partial charge on any atom is -0.494 e. The number of amides is 2. The monoisotopic (exact) mass is 423 g/mol. The van der Waals surface area contributed by atoms with E-state index in [2.05, 4.69) is 30.8 Å². The van der Waals surface area contributed by atoms with Gasteiger partial charge in [0.25, 0.3) is 0 Å². The minimum atomic E-state index is -0.263. The van der Waals surface area contributed by atoms with Gasteiger partial charge in [0.1, 0.15) is 17.9 Å². The first kappa shape index (κ1) is 20.6. The summed E-state index contributed by atoms with van der Waals surface area (Å²) in [5.74, 6) is 1.11. The first-order valence-corrected chi connectivity index (χ1v) is 10.3. The predicted octanol–water partition coefficient (Wildman–Crippen LogP) is 1.49. The van der Waals surface area contributed by atoms with Crippen molar-refractivity contribution in [2.75, 3.05) is 36.5 Å². The van der Waals surface area contributed by atoms with E-state index >= 15 is 0 Å². The van der Waals surface area contributed by atoms with E-state index in [0.29, 0.717) is 30.8 Å². The number of anilines is 2. The third-order valence-corrected chi connectivity index (χ3v) is 5.21. The second-order valence-corrected chi connectivity index (χ2v) is 7.31. The van der Waals surface area contributed by atoms with E-state index in [1.165, 1.54) is 0 Å². The molecule has 1 aliphatic rings. The molecule has 0 spiro atoms. The van der Waals surface area contributed by atoms with Crippen molar-refractivity contribution in [3.05, 3.63) is 42.7 Å². The average Bonchev–Trinajstić information content (AvgIpc) is 3.27. The van der Waals surface area contributed by atoms with Crippen molar-refractivity contribution in [2.24, 2.45) is 5.92 Å². The highest BCUT2D eigenvalue weighted by atomic mass is 16.5. The van der Waals surface area contributed by atoms with Crippen LogP contribution < -0.4 is 20.3 Å². The number of hydrogen-bond donors (Lipinski definition) is 2. The van der Waals surface area contributed by atoms with Gasteiger partial charge in [-0.3, -0.25) is 9.59 Å². The summed E-state index contributed by atoms with van der Waals surface area (Å²) in [5, 5.41) is 17.8. The molecule has 10 nitrogen and oxygen atoms in total. The average molecular weight is 423 g/mol. The van der Waals surface area contributed by atoms with E-state index in [1.807, 2.05) is 19.1 Å². The van der Waals surface area contributed by atoms with Crippen LogP contribution in [0.15, 0.2) is 42.7 Å². The van der Waals surface area contributed by atoms with Crippen LogP contribution in [-0.4, -0.2) is 57.9 Å². The molecule has 1 fully saturated rings. The van der Waals surface area contributed by atoms with Crippen molar-refractivity contribution < 1.29 is 14.3 Å². The Hall–Kier alpha value is -3.69. The van der Waals surface area contributed by atoms with Gasteiger partial charge in [-0.15, -0.1) is 15.3 Å². The molecule has 4 rings (SSSR count). The third-order valence-electron chi connectivity index (χ3n) is 5.21. The Morgan fingerprint density at radius 2 is 1.90 bits per heavy atom. The van der Waals surface area contributed by atoms with Gasteiger partial charge in [0.2, 0.25) is 11.8 Å². The molecule has 2 amide bonds. The minimum absolute atomic E-state index is 0.0574. The smallest absolute Gasteiger partial charge is 0.243 e. The van der Waals surface area contributed by atoms with Crippen molar-refractivity contribution in [3.8, 4) is 5.75 Å². The number of fused-ring (bicyclic) bond motifs is 1. The molecule has 162 valence electrons. The molecule has 1 saturated heterocycles. The largest absolute Gasteiger partial charge is 0.494 e. The van der Waals surface area contributed by atoms with Crippen LogP contribution in [0.25, 0.3) is 5.65 Å².